The van der Waals surface area contributed by atoms with E-state index in [9.17, 15) is 4.79 Å². The number of amides is 1. The van der Waals surface area contributed by atoms with Crippen LogP contribution in [0.25, 0.3) is 0 Å². The van der Waals surface area contributed by atoms with Crippen LogP contribution in [-0.4, -0.2) is 13.0 Å². The zero-order valence-corrected chi connectivity index (χ0v) is 12.0. The summed E-state index contributed by atoms with van der Waals surface area (Å²) in [5.74, 6) is 0.345. The van der Waals surface area contributed by atoms with E-state index in [-0.39, 0.29) is 5.91 Å². The first-order valence-electron chi connectivity index (χ1n) is 6.02. The van der Waals surface area contributed by atoms with E-state index in [0.29, 0.717) is 27.7 Å². The van der Waals surface area contributed by atoms with Crippen LogP contribution < -0.4 is 15.8 Å². The number of aryl methyl sites for hydroxylation is 1. The van der Waals surface area contributed by atoms with Crippen LogP contribution in [0.2, 0.25) is 5.02 Å². The van der Waals surface area contributed by atoms with Crippen LogP contribution in [-0.2, 0) is 0 Å². The second kappa shape index (κ2) is 5.84. The first kappa shape index (κ1) is 14.2. The van der Waals surface area contributed by atoms with Gasteiger partial charge in [0.15, 0.2) is 0 Å². The number of halogens is 1. The highest BCUT2D eigenvalue weighted by Crippen LogP contribution is 2.23. The van der Waals surface area contributed by atoms with E-state index < -0.39 is 0 Å². The molecule has 0 heterocycles. The Balaban J connectivity index is 2.24. The van der Waals surface area contributed by atoms with Gasteiger partial charge < -0.3 is 15.8 Å². The number of benzene rings is 2. The Kier molecular flexibility index (Phi) is 4.15. The molecule has 2 rings (SSSR count). The predicted molar refractivity (Wildman–Crippen MR) is 81.5 cm³/mol. The maximum absolute atomic E-state index is 12.2. The Morgan fingerprint density at radius 1 is 1.25 bits per heavy atom. The Bertz CT molecular complexity index is 656. The lowest BCUT2D eigenvalue weighted by molar-refractivity contribution is 0.102. The number of rotatable bonds is 3. The van der Waals surface area contributed by atoms with Crippen LogP contribution in [0.5, 0.6) is 5.75 Å². The number of hydrogen-bond donors (Lipinski definition) is 2. The Hall–Kier alpha value is -2.20. The van der Waals surface area contributed by atoms with Crippen molar-refractivity contribution in [2.24, 2.45) is 0 Å². The number of carbonyl (C=O) groups is 1. The van der Waals surface area contributed by atoms with Gasteiger partial charge in [0.05, 0.1) is 12.7 Å². The molecule has 2 aromatic rings. The minimum Gasteiger partial charge on any atom is -0.497 e. The smallest absolute Gasteiger partial charge is 0.257 e. The molecule has 20 heavy (non-hydrogen) atoms. The predicted octanol–water partition coefficient (Wildman–Crippen LogP) is 3.49. The summed E-state index contributed by atoms with van der Waals surface area (Å²) in [5, 5.41) is 3.44. The zero-order valence-electron chi connectivity index (χ0n) is 11.2. The maximum atomic E-state index is 12.2. The van der Waals surface area contributed by atoms with Gasteiger partial charge in [-0.1, -0.05) is 11.6 Å². The summed E-state index contributed by atoms with van der Waals surface area (Å²) in [6, 6.07) is 10.2. The van der Waals surface area contributed by atoms with Crippen molar-refractivity contribution >= 4 is 28.9 Å². The third-order valence-corrected chi connectivity index (χ3v) is 3.18. The molecule has 0 spiro atoms. The fraction of sp³-hybridized carbons (Fsp3) is 0.133. The second-order valence-electron chi connectivity index (χ2n) is 4.37. The van der Waals surface area contributed by atoms with Crippen molar-refractivity contribution in [3.8, 4) is 5.75 Å². The molecule has 0 aliphatic carbocycles. The van der Waals surface area contributed by atoms with Crippen LogP contribution in [0, 0.1) is 6.92 Å². The van der Waals surface area contributed by atoms with Gasteiger partial charge in [-0.05, 0) is 42.8 Å². The molecule has 0 saturated heterocycles. The number of carbonyl (C=O) groups excluding carboxylic acids is 1. The van der Waals surface area contributed by atoms with Crippen molar-refractivity contribution in [1.29, 1.82) is 0 Å². The lowest BCUT2D eigenvalue weighted by Crippen LogP contribution is -2.14. The molecule has 0 aromatic heterocycles. The van der Waals surface area contributed by atoms with Crippen molar-refractivity contribution in [2.45, 2.75) is 6.92 Å². The molecule has 3 N–H and O–H groups in total. The molecule has 104 valence electrons. The van der Waals surface area contributed by atoms with Gasteiger partial charge in [0.25, 0.3) is 5.91 Å². The molecule has 5 heteroatoms. The highest BCUT2D eigenvalue weighted by Gasteiger charge is 2.12. The maximum Gasteiger partial charge on any atom is 0.257 e. The van der Waals surface area contributed by atoms with Gasteiger partial charge >= 0.3 is 0 Å². The summed E-state index contributed by atoms with van der Waals surface area (Å²) >= 11 is 5.88. The topological polar surface area (TPSA) is 64.3 Å². The van der Waals surface area contributed by atoms with E-state index in [2.05, 4.69) is 5.32 Å². The van der Waals surface area contributed by atoms with Crippen molar-refractivity contribution in [1.82, 2.24) is 0 Å². The number of ether oxygens (including phenoxy) is 1. The van der Waals surface area contributed by atoms with Gasteiger partial charge in [-0.2, -0.15) is 0 Å². The van der Waals surface area contributed by atoms with Crippen molar-refractivity contribution in [2.75, 3.05) is 18.2 Å². The van der Waals surface area contributed by atoms with Gasteiger partial charge in [-0.25, -0.2) is 0 Å². The largest absolute Gasteiger partial charge is 0.497 e. The van der Waals surface area contributed by atoms with Gasteiger partial charge in [-0.3, -0.25) is 4.79 Å². The van der Waals surface area contributed by atoms with Crippen LogP contribution in [0.15, 0.2) is 36.4 Å². The lowest BCUT2D eigenvalue weighted by atomic mass is 10.1. The van der Waals surface area contributed by atoms with E-state index in [1.807, 2.05) is 6.92 Å². The molecular formula is C15H15ClN2O2. The van der Waals surface area contributed by atoms with E-state index in [1.165, 1.54) is 0 Å². The number of nitrogen functional groups attached to an aromatic ring is 1. The van der Waals surface area contributed by atoms with Crippen molar-refractivity contribution in [3.63, 3.8) is 0 Å². The van der Waals surface area contributed by atoms with Crippen molar-refractivity contribution in [3.05, 3.63) is 52.5 Å². The normalized spacial score (nSPS) is 10.2. The first-order chi connectivity index (χ1) is 9.51. The van der Waals surface area contributed by atoms with Crippen LogP contribution in [0.1, 0.15) is 15.9 Å². The Labute approximate surface area is 122 Å². The van der Waals surface area contributed by atoms with Crippen LogP contribution in [0.3, 0.4) is 0 Å². The third-order valence-electron chi connectivity index (χ3n) is 2.94. The van der Waals surface area contributed by atoms with E-state index in [0.717, 1.165) is 5.56 Å². The molecule has 4 nitrogen and oxygen atoms in total. The quantitative estimate of drug-likeness (QED) is 0.851. The molecule has 0 aliphatic rings. The minimum absolute atomic E-state index is 0.268. The average Bonchev–Trinajstić information content (AvgIpc) is 2.41. The fourth-order valence-electron chi connectivity index (χ4n) is 1.83. The highest BCUT2D eigenvalue weighted by molar-refractivity contribution is 6.30. The third kappa shape index (κ3) is 3.03. The van der Waals surface area contributed by atoms with Crippen LogP contribution >= 0.6 is 11.6 Å². The first-order valence-corrected chi connectivity index (χ1v) is 6.40. The summed E-state index contributed by atoms with van der Waals surface area (Å²) in [6.07, 6.45) is 0. The standard InChI is InChI=1S/C15H15ClN2O2/c1-9-7-10(16)3-6-14(9)18-15(19)12-5-4-11(20-2)8-13(12)17/h3-8H,17H2,1-2H3,(H,18,19). The number of hydrogen-bond acceptors (Lipinski definition) is 3. The number of nitrogens with one attached hydrogen (secondary N) is 1. The molecule has 0 fully saturated rings. The average molecular weight is 291 g/mol. The SMILES string of the molecule is COc1ccc(C(=O)Nc2ccc(Cl)cc2C)c(N)c1. The van der Waals surface area contributed by atoms with Crippen molar-refractivity contribution < 1.29 is 9.53 Å². The number of anilines is 2. The monoisotopic (exact) mass is 290 g/mol. The number of nitrogens with two attached hydrogens (primary N) is 1. The molecule has 0 unspecified atom stereocenters. The molecule has 0 saturated carbocycles. The van der Waals surface area contributed by atoms with Gasteiger partial charge in [0, 0.05) is 22.5 Å². The molecule has 0 atom stereocenters. The summed E-state index contributed by atoms with van der Waals surface area (Å²) < 4.78 is 5.05. The summed E-state index contributed by atoms with van der Waals surface area (Å²) in [7, 11) is 1.55. The molecule has 0 bridgehead atoms. The zero-order chi connectivity index (χ0) is 14.7. The Morgan fingerprint density at radius 3 is 2.60 bits per heavy atom. The van der Waals surface area contributed by atoms with E-state index >= 15 is 0 Å². The van der Waals surface area contributed by atoms with Gasteiger partial charge in [-0.15, -0.1) is 0 Å². The van der Waals surface area contributed by atoms with E-state index in [1.54, 1.807) is 43.5 Å². The molecule has 2 aromatic carbocycles. The molecule has 0 radical (unpaired) electrons. The number of methoxy groups -OCH3 is 1. The molecular weight excluding hydrogens is 276 g/mol. The van der Waals surface area contributed by atoms with Crippen LogP contribution in [0.4, 0.5) is 11.4 Å². The minimum atomic E-state index is -0.268. The molecule has 0 aliphatic heterocycles. The van der Waals surface area contributed by atoms with Gasteiger partial charge in [0.2, 0.25) is 0 Å². The second-order valence-corrected chi connectivity index (χ2v) is 4.80. The summed E-state index contributed by atoms with van der Waals surface area (Å²) in [4.78, 5) is 12.2. The summed E-state index contributed by atoms with van der Waals surface area (Å²) in [5.41, 5.74) is 8.21. The fourth-order valence-corrected chi connectivity index (χ4v) is 2.06. The summed E-state index contributed by atoms with van der Waals surface area (Å²) in [6.45, 7) is 1.87. The Morgan fingerprint density at radius 2 is 2.00 bits per heavy atom. The highest BCUT2D eigenvalue weighted by atomic mass is 35.5. The molecule has 1 amide bonds. The van der Waals surface area contributed by atoms with E-state index in [4.69, 9.17) is 22.1 Å². The lowest BCUT2D eigenvalue weighted by Gasteiger charge is -2.11. The van der Waals surface area contributed by atoms with Gasteiger partial charge in [0.1, 0.15) is 5.75 Å².